The van der Waals surface area contributed by atoms with Crippen molar-refractivity contribution in [2.45, 2.75) is 26.0 Å². The third kappa shape index (κ3) is 3.66. The number of carbonyl (C=O) groups excluding carboxylic acids is 3. The molecule has 2 amide bonds. The first kappa shape index (κ1) is 24.0. The van der Waals surface area contributed by atoms with Crippen LogP contribution < -0.4 is 14.9 Å². The molecule has 0 bridgehead atoms. The predicted molar refractivity (Wildman–Crippen MR) is 138 cm³/mol. The highest BCUT2D eigenvalue weighted by Crippen LogP contribution is 2.49. The highest BCUT2D eigenvalue weighted by atomic mass is 32.1. The van der Waals surface area contributed by atoms with Gasteiger partial charge in [-0.25, -0.2) is 14.8 Å². The van der Waals surface area contributed by atoms with Gasteiger partial charge in [0.1, 0.15) is 10.9 Å². The highest BCUT2D eigenvalue weighted by Gasteiger charge is 2.61. The van der Waals surface area contributed by atoms with Gasteiger partial charge >= 0.3 is 5.97 Å². The van der Waals surface area contributed by atoms with E-state index in [2.05, 4.69) is 0 Å². The number of nitrogens with zero attached hydrogens (tertiary/aromatic N) is 3. The summed E-state index contributed by atoms with van der Waals surface area (Å²) in [5, 5.41) is 1.96. The van der Waals surface area contributed by atoms with Crippen molar-refractivity contribution in [1.82, 2.24) is 0 Å². The molecule has 36 heavy (non-hydrogen) atoms. The number of hydrogen-bond acceptors (Lipinski definition) is 8. The molecule has 9 heteroatoms. The van der Waals surface area contributed by atoms with Gasteiger partial charge in [0.15, 0.2) is 6.10 Å². The Kier molecular flexibility index (Phi) is 6.05. The van der Waals surface area contributed by atoms with E-state index in [-0.39, 0.29) is 10.6 Å². The van der Waals surface area contributed by atoms with Crippen LogP contribution in [-0.4, -0.2) is 45.1 Å². The maximum Gasteiger partial charge on any atom is 0.341 e. The maximum absolute atomic E-state index is 14.0. The quantitative estimate of drug-likeness (QED) is 0.379. The summed E-state index contributed by atoms with van der Waals surface area (Å²) >= 11 is 1.24. The van der Waals surface area contributed by atoms with E-state index in [1.165, 1.54) is 18.4 Å². The van der Waals surface area contributed by atoms with E-state index >= 15 is 0 Å². The SMILES string of the molecule is COC(=O)c1c(N2C(=O)[C@@H]3[C@@H](c4ccc(N(C)C)cc4)N(c4ccccc4)O[C@H]3C2=O)sc(C)c1C. The number of aryl methyl sites for hydroxylation is 1. The normalized spacial score (nSPS) is 21.2. The van der Waals surface area contributed by atoms with Gasteiger partial charge in [0.05, 0.1) is 24.4 Å². The average molecular weight is 506 g/mol. The summed E-state index contributed by atoms with van der Waals surface area (Å²) in [6.45, 7) is 3.64. The zero-order valence-corrected chi connectivity index (χ0v) is 21.5. The zero-order chi connectivity index (χ0) is 25.7. The summed E-state index contributed by atoms with van der Waals surface area (Å²) in [4.78, 5) is 50.4. The van der Waals surface area contributed by atoms with Crippen LogP contribution in [0, 0.1) is 19.8 Å². The van der Waals surface area contributed by atoms with Gasteiger partial charge in [-0.05, 0) is 49.2 Å². The number of para-hydroxylation sites is 1. The van der Waals surface area contributed by atoms with Gasteiger partial charge in [0.2, 0.25) is 5.91 Å². The number of rotatable bonds is 5. The molecule has 0 radical (unpaired) electrons. The minimum atomic E-state index is -1.01. The van der Waals surface area contributed by atoms with Crippen molar-refractivity contribution < 1.29 is 24.0 Å². The number of hydroxylamine groups is 1. The van der Waals surface area contributed by atoms with Gasteiger partial charge < -0.3 is 9.64 Å². The van der Waals surface area contributed by atoms with Crippen molar-refractivity contribution in [3.8, 4) is 0 Å². The Morgan fingerprint density at radius 3 is 2.28 bits per heavy atom. The van der Waals surface area contributed by atoms with Crippen LogP contribution in [0.5, 0.6) is 0 Å². The Balaban J connectivity index is 1.60. The number of fused-ring (bicyclic) bond motifs is 1. The number of anilines is 3. The van der Waals surface area contributed by atoms with Gasteiger partial charge in [-0.1, -0.05) is 30.3 Å². The van der Waals surface area contributed by atoms with Gasteiger partial charge in [0.25, 0.3) is 5.91 Å². The lowest BCUT2D eigenvalue weighted by atomic mass is 9.90. The van der Waals surface area contributed by atoms with Crippen molar-refractivity contribution in [2.24, 2.45) is 5.92 Å². The van der Waals surface area contributed by atoms with Crippen LogP contribution in [0.25, 0.3) is 0 Å². The Labute approximate surface area is 213 Å². The lowest BCUT2D eigenvalue weighted by Crippen LogP contribution is -2.37. The highest BCUT2D eigenvalue weighted by molar-refractivity contribution is 7.17. The molecule has 0 saturated carbocycles. The number of imide groups is 1. The van der Waals surface area contributed by atoms with Crippen LogP contribution >= 0.6 is 11.3 Å². The second kappa shape index (κ2) is 9.07. The van der Waals surface area contributed by atoms with Gasteiger partial charge in [-0.2, -0.15) is 0 Å². The van der Waals surface area contributed by atoms with Crippen LogP contribution in [0.2, 0.25) is 0 Å². The van der Waals surface area contributed by atoms with E-state index in [0.717, 1.165) is 26.7 Å². The number of hydrogen-bond donors (Lipinski definition) is 0. The smallest absolute Gasteiger partial charge is 0.341 e. The fourth-order valence-corrected chi connectivity index (χ4v) is 5.99. The van der Waals surface area contributed by atoms with E-state index in [0.29, 0.717) is 5.56 Å². The molecule has 2 aromatic carbocycles. The molecule has 3 atom stereocenters. The monoisotopic (exact) mass is 505 g/mol. The Morgan fingerprint density at radius 1 is 1.00 bits per heavy atom. The van der Waals surface area contributed by atoms with Crippen molar-refractivity contribution in [3.63, 3.8) is 0 Å². The molecular formula is C27H27N3O5S. The van der Waals surface area contributed by atoms with Crippen molar-refractivity contribution in [1.29, 1.82) is 0 Å². The molecule has 8 nitrogen and oxygen atoms in total. The molecule has 2 aliphatic heterocycles. The molecule has 5 rings (SSSR count). The molecule has 2 saturated heterocycles. The van der Waals surface area contributed by atoms with E-state index < -0.39 is 35.8 Å². The molecule has 1 aromatic heterocycles. The number of ether oxygens (including phenoxy) is 1. The first-order valence-corrected chi connectivity index (χ1v) is 12.4. The van der Waals surface area contributed by atoms with Crippen molar-refractivity contribution >= 4 is 45.5 Å². The summed E-state index contributed by atoms with van der Waals surface area (Å²) < 4.78 is 4.97. The van der Waals surface area contributed by atoms with Crippen LogP contribution in [0.1, 0.15) is 32.4 Å². The second-order valence-electron chi connectivity index (χ2n) is 9.11. The van der Waals surface area contributed by atoms with Crippen LogP contribution in [-0.2, 0) is 19.2 Å². The van der Waals surface area contributed by atoms with Crippen LogP contribution in [0.3, 0.4) is 0 Å². The van der Waals surface area contributed by atoms with Crippen molar-refractivity contribution in [2.75, 3.05) is 36.1 Å². The molecule has 0 spiro atoms. The zero-order valence-electron chi connectivity index (χ0n) is 20.7. The minimum absolute atomic E-state index is 0.244. The predicted octanol–water partition coefficient (Wildman–Crippen LogP) is 4.27. The first-order valence-electron chi connectivity index (χ1n) is 11.6. The van der Waals surface area contributed by atoms with E-state index in [9.17, 15) is 14.4 Å². The summed E-state index contributed by atoms with van der Waals surface area (Å²) in [5.41, 5.74) is 3.56. The lowest BCUT2D eigenvalue weighted by molar-refractivity contribution is -0.126. The van der Waals surface area contributed by atoms with Crippen LogP contribution in [0.4, 0.5) is 16.4 Å². The molecule has 3 heterocycles. The Morgan fingerprint density at radius 2 is 1.67 bits per heavy atom. The molecule has 3 aromatic rings. The fraction of sp³-hybridized carbons (Fsp3) is 0.296. The third-order valence-electron chi connectivity index (χ3n) is 6.84. The number of amides is 2. The molecule has 2 aliphatic rings. The summed E-state index contributed by atoms with van der Waals surface area (Å²) in [5.74, 6) is -2.23. The first-order chi connectivity index (χ1) is 17.2. The van der Waals surface area contributed by atoms with E-state index in [1.807, 2.05) is 80.5 Å². The Hall–Kier alpha value is -3.69. The summed E-state index contributed by atoms with van der Waals surface area (Å²) in [7, 11) is 5.21. The van der Waals surface area contributed by atoms with Gasteiger partial charge in [0, 0.05) is 24.7 Å². The fourth-order valence-electron chi connectivity index (χ4n) is 4.83. The summed E-state index contributed by atoms with van der Waals surface area (Å²) in [6.07, 6.45) is -1.01. The number of esters is 1. The standard InChI is InChI=1S/C27H27N3O5S/c1-15-16(2)36-26(20(15)27(33)34-5)29-24(31)21-22(17-11-13-18(14-12-17)28(3)4)30(35-23(21)25(29)32)19-9-7-6-8-10-19/h6-14,21-23H,1-5H3/t21-,22-,23-/m1/s1. The van der Waals surface area contributed by atoms with E-state index in [1.54, 1.807) is 12.0 Å². The van der Waals surface area contributed by atoms with Crippen molar-refractivity contribution in [3.05, 3.63) is 76.2 Å². The summed E-state index contributed by atoms with van der Waals surface area (Å²) in [6, 6.07) is 16.8. The molecule has 0 N–H and O–H groups in total. The molecular weight excluding hydrogens is 478 g/mol. The van der Waals surface area contributed by atoms with E-state index in [4.69, 9.17) is 9.57 Å². The lowest BCUT2D eigenvalue weighted by Gasteiger charge is -2.29. The number of methoxy groups -OCH3 is 1. The molecule has 0 unspecified atom stereocenters. The maximum atomic E-state index is 14.0. The molecule has 186 valence electrons. The van der Waals surface area contributed by atoms with Gasteiger partial charge in [-0.15, -0.1) is 11.3 Å². The minimum Gasteiger partial charge on any atom is -0.465 e. The third-order valence-corrected chi connectivity index (χ3v) is 8.03. The number of thiophene rings is 1. The average Bonchev–Trinajstić information content (AvgIpc) is 3.49. The topological polar surface area (TPSA) is 79.4 Å². The molecule has 0 aliphatic carbocycles. The van der Waals surface area contributed by atoms with Gasteiger partial charge in [-0.3, -0.25) is 14.4 Å². The largest absolute Gasteiger partial charge is 0.465 e. The molecule has 2 fully saturated rings. The Bertz CT molecular complexity index is 1340. The number of benzene rings is 2. The second-order valence-corrected chi connectivity index (χ2v) is 10.3. The number of carbonyl (C=O) groups is 3. The van der Waals surface area contributed by atoms with Crippen LogP contribution in [0.15, 0.2) is 54.6 Å².